The molecule has 114 valence electrons. The standard InChI is InChI=1S/C15H20N2O4/c1-16(9-10-21-2)15(20)17-8-7-11-5-3-4-6-12(11)13(17)14(18)19/h3-6,13H,7-10H2,1-2H3,(H,18,19). The van der Waals surface area contributed by atoms with Crippen molar-refractivity contribution in [2.75, 3.05) is 33.9 Å². The van der Waals surface area contributed by atoms with Crippen molar-refractivity contribution in [2.45, 2.75) is 12.5 Å². The fourth-order valence-corrected chi connectivity index (χ4v) is 2.58. The summed E-state index contributed by atoms with van der Waals surface area (Å²) < 4.78 is 4.95. The molecule has 0 saturated carbocycles. The molecule has 0 spiro atoms. The van der Waals surface area contributed by atoms with Gasteiger partial charge in [0.1, 0.15) is 0 Å². The summed E-state index contributed by atoms with van der Waals surface area (Å²) in [6.45, 7) is 1.26. The van der Waals surface area contributed by atoms with Crippen molar-refractivity contribution in [2.24, 2.45) is 0 Å². The first-order chi connectivity index (χ1) is 10.1. The maximum absolute atomic E-state index is 12.5. The molecular weight excluding hydrogens is 272 g/mol. The van der Waals surface area contributed by atoms with Crippen LogP contribution in [0.15, 0.2) is 24.3 Å². The molecule has 2 amide bonds. The average molecular weight is 292 g/mol. The topological polar surface area (TPSA) is 70.1 Å². The van der Waals surface area contributed by atoms with Crippen LogP contribution in [0.1, 0.15) is 17.2 Å². The second kappa shape index (κ2) is 6.58. The van der Waals surface area contributed by atoms with Crippen LogP contribution in [0.3, 0.4) is 0 Å². The summed E-state index contributed by atoms with van der Waals surface area (Å²) in [4.78, 5) is 27.0. The molecule has 2 rings (SSSR count). The molecule has 1 unspecified atom stereocenters. The number of hydrogen-bond donors (Lipinski definition) is 1. The van der Waals surface area contributed by atoms with Gasteiger partial charge in [0.25, 0.3) is 0 Å². The molecule has 1 atom stereocenters. The fourth-order valence-electron chi connectivity index (χ4n) is 2.58. The van der Waals surface area contributed by atoms with Crippen molar-refractivity contribution in [1.29, 1.82) is 0 Å². The van der Waals surface area contributed by atoms with Gasteiger partial charge < -0.3 is 19.6 Å². The first-order valence-corrected chi connectivity index (χ1v) is 6.87. The second-order valence-corrected chi connectivity index (χ2v) is 5.08. The number of amides is 2. The highest BCUT2D eigenvalue weighted by Gasteiger charge is 2.36. The van der Waals surface area contributed by atoms with Gasteiger partial charge in [0, 0.05) is 27.2 Å². The molecule has 1 aromatic rings. The quantitative estimate of drug-likeness (QED) is 0.910. The number of ether oxygens (including phenoxy) is 1. The summed E-state index contributed by atoms with van der Waals surface area (Å²) in [7, 11) is 3.22. The van der Waals surface area contributed by atoms with E-state index in [9.17, 15) is 14.7 Å². The lowest BCUT2D eigenvalue weighted by molar-refractivity contribution is -0.143. The van der Waals surface area contributed by atoms with E-state index in [0.29, 0.717) is 31.7 Å². The van der Waals surface area contributed by atoms with Crippen molar-refractivity contribution in [3.8, 4) is 0 Å². The highest BCUT2D eigenvalue weighted by Crippen LogP contribution is 2.30. The number of rotatable bonds is 4. The predicted octanol–water partition coefficient (Wildman–Crippen LogP) is 1.37. The lowest BCUT2D eigenvalue weighted by Gasteiger charge is -2.37. The Hall–Kier alpha value is -2.08. The first-order valence-electron chi connectivity index (χ1n) is 6.87. The van der Waals surface area contributed by atoms with Gasteiger partial charge in [-0.25, -0.2) is 9.59 Å². The highest BCUT2D eigenvalue weighted by atomic mass is 16.5. The van der Waals surface area contributed by atoms with Crippen LogP contribution in [0.2, 0.25) is 0 Å². The van der Waals surface area contributed by atoms with Gasteiger partial charge >= 0.3 is 12.0 Å². The lowest BCUT2D eigenvalue weighted by Crippen LogP contribution is -2.49. The Bertz CT molecular complexity index is 532. The molecule has 1 heterocycles. The molecule has 21 heavy (non-hydrogen) atoms. The normalized spacial score (nSPS) is 17.2. The third-order valence-corrected chi connectivity index (χ3v) is 3.72. The van der Waals surface area contributed by atoms with E-state index in [1.807, 2.05) is 12.1 Å². The summed E-state index contributed by atoms with van der Waals surface area (Å²) in [5.41, 5.74) is 1.69. The van der Waals surface area contributed by atoms with Gasteiger partial charge in [0.05, 0.1) is 6.61 Å². The number of methoxy groups -OCH3 is 1. The molecule has 0 radical (unpaired) electrons. The summed E-state index contributed by atoms with van der Waals surface area (Å²) >= 11 is 0. The van der Waals surface area contributed by atoms with Crippen LogP contribution in [-0.4, -0.2) is 60.8 Å². The average Bonchev–Trinajstić information content (AvgIpc) is 2.50. The SMILES string of the molecule is COCCN(C)C(=O)N1CCc2ccccc2C1C(=O)O. The zero-order valence-corrected chi connectivity index (χ0v) is 12.3. The smallest absolute Gasteiger partial charge is 0.331 e. The van der Waals surface area contributed by atoms with Gasteiger partial charge in [-0.1, -0.05) is 24.3 Å². The van der Waals surface area contributed by atoms with E-state index in [0.717, 1.165) is 5.56 Å². The maximum Gasteiger partial charge on any atom is 0.331 e. The number of hydrogen-bond acceptors (Lipinski definition) is 3. The van der Waals surface area contributed by atoms with Gasteiger partial charge in [0.2, 0.25) is 0 Å². The molecule has 1 N–H and O–H groups in total. The van der Waals surface area contributed by atoms with Gasteiger partial charge in [-0.15, -0.1) is 0 Å². The van der Waals surface area contributed by atoms with Crippen LogP contribution in [0, 0.1) is 0 Å². The summed E-state index contributed by atoms with van der Waals surface area (Å²) in [5, 5.41) is 9.53. The van der Waals surface area contributed by atoms with Gasteiger partial charge in [-0.05, 0) is 17.5 Å². The molecule has 0 aromatic heterocycles. The number of benzene rings is 1. The van der Waals surface area contributed by atoms with E-state index in [4.69, 9.17) is 4.74 Å². The number of carbonyl (C=O) groups excluding carboxylic acids is 1. The minimum atomic E-state index is -1.00. The van der Waals surface area contributed by atoms with E-state index in [-0.39, 0.29) is 6.03 Å². The van der Waals surface area contributed by atoms with Crippen LogP contribution in [-0.2, 0) is 16.0 Å². The Morgan fingerprint density at radius 1 is 1.43 bits per heavy atom. The number of aliphatic carboxylic acids is 1. The van der Waals surface area contributed by atoms with Gasteiger partial charge in [-0.2, -0.15) is 0 Å². The Kier molecular flexibility index (Phi) is 4.80. The molecule has 1 aromatic carbocycles. The molecule has 0 aliphatic carbocycles. The van der Waals surface area contributed by atoms with Gasteiger partial charge in [0.15, 0.2) is 6.04 Å². The summed E-state index contributed by atoms with van der Waals surface area (Å²) in [5.74, 6) is -1.00. The zero-order chi connectivity index (χ0) is 15.4. The van der Waals surface area contributed by atoms with Crippen molar-refractivity contribution in [3.05, 3.63) is 35.4 Å². The van der Waals surface area contributed by atoms with Crippen LogP contribution >= 0.6 is 0 Å². The first kappa shape index (κ1) is 15.3. The van der Waals surface area contributed by atoms with E-state index in [1.165, 1.54) is 9.80 Å². The molecule has 1 aliphatic rings. The minimum absolute atomic E-state index is 0.283. The number of carboxylic acids is 1. The number of carboxylic acid groups (broad SMARTS) is 1. The molecule has 6 heteroatoms. The number of carbonyl (C=O) groups is 2. The monoisotopic (exact) mass is 292 g/mol. The Labute approximate surface area is 123 Å². The van der Waals surface area contributed by atoms with Crippen molar-refractivity contribution < 1.29 is 19.4 Å². The Balaban J connectivity index is 2.24. The number of fused-ring (bicyclic) bond motifs is 1. The maximum atomic E-state index is 12.5. The number of urea groups is 1. The highest BCUT2D eigenvalue weighted by molar-refractivity contribution is 5.84. The summed E-state index contributed by atoms with van der Waals surface area (Å²) in [6, 6.07) is 6.18. The third kappa shape index (κ3) is 3.16. The van der Waals surface area contributed by atoms with Crippen molar-refractivity contribution >= 4 is 12.0 Å². The number of likely N-dealkylation sites (N-methyl/N-ethyl adjacent to an activating group) is 1. The molecule has 0 fully saturated rings. The molecule has 6 nitrogen and oxygen atoms in total. The van der Waals surface area contributed by atoms with Crippen LogP contribution in [0.4, 0.5) is 4.79 Å². The Morgan fingerprint density at radius 2 is 2.14 bits per heavy atom. The van der Waals surface area contributed by atoms with Crippen LogP contribution in [0.25, 0.3) is 0 Å². The number of nitrogens with zero attached hydrogens (tertiary/aromatic N) is 2. The largest absolute Gasteiger partial charge is 0.479 e. The van der Waals surface area contributed by atoms with E-state index < -0.39 is 12.0 Å². The van der Waals surface area contributed by atoms with Crippen LogP contribution < -0.4 is 0 Å². The van der Waals surface area contributed by atoms with Crippen LogP contribution in [0.5, 0.6) is 0 Å². The minimum Gasteiger partial charge on any atom is -0.479 e. The molecular formula is C15H20N2O4. The lowest BCUT2D eigenvalue weighted by atomic mass is 9.93. The molecule has 1 aliphatic heterocycles. The van der Waals surface area contributed by atoms with Crippen molar-refractivity contribution in [1.82, 2.24) is 9.80 Å². The third-order valence-electron chi connectivity index (χ3n) is 3.72. The fraction of sp³-hybridized carbons (Fsp3) is 0.467. The van der Waals surface area contributed by atoms with E-state index in [2.05, 4.69) is 0 Å². The second-order valence-electron chi connectivity index (χ2n) is 5.08. The Morgan fingerprint density at radius 3 is 2.81 bits per heavy atom. The molecule has 0 bridgehead atoms. The van der Waals surface area contributed by atoms with Crippen molar-refractivity contribution in [3.63, 3.8) is 0 Å². The summed E-state index contributed by atoms with van der Waals surface area (Å²) in [6.07, 6.45) is 0.670. The van der Waals surface area contributed by atoms with E-state index in [1.54, 1.807) is 26.3 Å². The van der Waals surface area contributed by atoms with E-state index >= 15 is 0 Å². The predicted molar refractivity (Wildman–Crippen MR) is 77.1 cm³/mol. The van der Waals surface area contributed by atoms with Gasteiger partial charge in [-0.3, -0.25) is 0 Å². The molecule has 0 saturated heterocycles. The zero-order valence-electron chi connectivity index (χ0n) is 12.3.